The Morgan fingerprint density at radius 2 is 2.19 bits per heavy atom. The third-order valence-electron chi connectivity index (χ3n) is 3.53. The molecule has 2 heterocycles. The lowest BCUT2D eigenvalue weighted by Gasteiger charge is -2.32. The van der Waals surface area contributed by atoms with E-state index in [1.165, 1.54) is 11.1 Å². The maximum atomic E-state index is 12.2. The number of aliphatic carboxylic acids is 1. The molecule has 0 fully saturated rings. The van der Waals surface area contributed by atoms with Crippen molar-refractivity contribution in [2.75, 3.05) is 11.9 Å². The van der Waals surface area contributed by atoms with Crippen molar-refractivity contribution < 1.29 is 14.7 Å². The SMILES string of the molecule is O=C(O)C1CN(C(=O)Nc2cn[nH]c2)Cc2ccccc21. The number of nitrogens with one attached hydrogen (secondary N) is 2. The molecule has 108 valence electrons. The number of nitrogens with zero attached hydrogens (tertiary/aromatic N) is 2. The molecule has 21 heavy (non-hydrogen) atoms. The number of urea groups is 1. The fraction of sp³-hybridized carbons (Fsp3) is 0.214. The summed E-state index contributed by atoms with van der Waals surface area (Å²) in [4.78, 5) is 25.1. The zero-order valence-electron chi connectivity index (χ0n) is 11.1. The van der Waals surface area contributed by atoms with Gasteiger partial charge in [0.2, 0.25) is 0 Å². The summed E-state index contributed by atoms with van der Waals surface area (Å²) < 4.78 is 0. The average Bonchev–Trinajstić information content (AvgIpc) is 2.98. The molecule has 1 aliphatic rings. The normalized spacial score (nSPS) is 17.1. The minimum Gasteiger partial charge on any atom is -0.481 e. The van der Waals surface area contributed by atoms with E-state index in [4.69, 9.17) is 0 Å². The number of H-pyrrole nitrogens is 1. The van der Waals surface area contributed by atoms with Crippen molar-refractivity contribution in [3.8, 4) is 0 Å². The Balaban J connectivity index is 1.82. The monoisotopic (exact) mass is 286 g/mol. The van der Waals surface area contributed by atoms with Crippen molar-refractivity contribution >= 4 is 17.7 Å². The number of amides is 2. The van der Waals surface area contributed by atoms with Crippen molar-refractivity contribution in [2.45, 2.75) is 12.5 Å². The molecule has 0 aliphatic carbocycles. The Morgan fingerprint density at radius 1 is 1.38 bits per heavy atom. The largest absolute Gasteiger partial charge is 0.481 e. The zero-order chi connectivity index (χ0) is 14.8. The highest BCUT2D eigenvalue weighted by atomic mass is 16.4. The van der Waals surface area contributed by atoms with Crippen molar-refractivity contribution in [2.24, 2.45) is 0 Å². The summed E-state index contributed by atoms with van der Waals surface area (Å²) in [6, 6.07) is 6.98. The van der Waals surface area contributed by atoms with Crippen LogP contribution in [0.4, 0.5) is 10.5 Å². The molecule has 0 saturated heterocycles. The molecule has 1 atom stereocenters. The van der Waals surface area contributed by atoms with Gasteiger partial charge in [-0.25, -0.2) is 4.79 Å². The summed E-state index contributed by atoms with van der Waals surface area (Å²) in [5.41, 5.74) is 2.18. The van der Waals surface area contributed by atoms with Gasteiger partial charge in [0.25, 0.3) is 0 Å². The van der Waals surface area contributed by atoms with Gasteiger partial charge in [-0.1, -0.05) is 24.3 Å². The highest BCUT2D eigenvalue weighted by Gasteiger charge is 2.32. The van der Waals surface area contributed by atoms with Crippen LogP contribution in [-0.4, -0.2) is 38.7 Å². The number of aromatic nitrogens is 2. The molecule has 1 aromatic carbocycles. The van der Waals surface area contributed by atoms with Gasteiger partial charge in [-0.2, -0.15) is 5.10 Å². The average molecular weight is 286 g/mol. The molecule has 3 N–H and O–H groups in total. The van der Waals surface area contributed by atoms with Crippen LogP contribution >= 0.6 is 0 Å². The number of carbonyl (C=O) groups excluding carboxylic acids is 1. The van der Waals surface area contributed by atoms with E-state index in [0.717, 1.165) is 11.1 Å². The number of benzene rings is 1. The van der Waals surface area contributed by atoms with Crippen LogP contribution in [0.1, 0.15) is 17.0 Å². The van der Waals surface area contributed by atoms with E-state index in [9.17, 15) is 14.7 Å². The van der Waals surface area contributed by atoms with Crippen LogP contribution in [-0.2, 0) is 11.3 Å². The van der Waals surface area contributed by atoms with Gasteiger partial charge in [0.15, 0.2) is 0 Å². The number of hydrogen-bond donors (Lipinski definition) is 3. The molecule has 0 bridgehead atoms. The fourth-order valence-corrected chi connectivity index (χ4v) is 2.49. The molecular formula is C14H14N4O3. The van der Waals surface area contributed by atoms with Crippen molar-refractivity contribution in [3.63, 3.8) is 0 Å². The number of carboxylic acids is 1. The van der Waals surface area contributed by atoms with Gasteiger partial charge in [0.1, 0.15) is 0 Å². The van der Waals surface area contributed by atoms with Crippen LogP contribution in [0.5, 0.6) is 0 Å². The standard InChI is InChI=1S/C14H14N4O3/c19-13(20)12-8-18(7-9-3-1-2-4-11(9)12)14(21)17-10-5-15-16-6-10/h1-6,12H,7-8H2,(H,15,16)(H,17,21)(H,19,20). The number of hydrogen-bond acceptors (Lipinski definition) is 3. The summed E-state index contributed by atoms with van der Waals surface area (Å²) in [7, 11) is 0. The predicted molar refractivity (Wildman–Crippen MR) is 74.8 cm³/mol. The zero-order valence-corrected chi connectivity index (χ0v) is 11.1. The van der Waals surface area contributed by atoms with Crippen molar-refractivity contribution in [3.05, 3.63) is 47.8 Å². The molecule has 0 spiro atoms. The number of fused-ring (bicyclic) bond motifs is 1. The molecule has 7 heteroatoms. The number of carboxylic acid groups (broad SMARTS) is 1. The highest BCUT2D eigenvalue weighted by molar-refractivity contribution is 5.90. The molecular weight excluding hydrogens is 272 g/mol. The lowest BCUT2D eigenvalue weighted by Crippen LogP contribution is -2.42. The molecule has 2 amide bonds. The number of aromatic amines is 1. The van der Waals surface area contributed by atoms with Crippen LogP contribution in [0.15, 0.2) is 36.7 Å². The molecule has 7 nitrogen and oxygen atoms in total. The quantitative estimate of drug-likeness (QED) is 0.781. The smallest absolute Gasteiger partial charge is 0.322 e. The summed E-state index contributed by atoms with van der Waals surface area (Å²) in [6.07, 6.45) is 3.05. The summed E-state index contributed by atoms with van der Waals surface area (Å²) in [5.74, 6) is -1.63. The second kappa shape index (κ2) is 5.28. The number of anilines is 1. The Kier molecular flexibility index (Phi) is 3.31. The van der Waals surface area contributed by atoms with Crippen LogP contribution < -0.4 is 5.32 Å². The second-order valence-corrected chi connectivity index (χ2v) is 4.89. The first kappa shape index (κ1) is 13.2. The van der Waals surface area contributed by atoms with Crippen molar-refractivity contribution in [1.82, 2.24) is 15.1 Å². The van der Waals surface area contributed by atoms with Gasteiger partial charge in [-0.15, -0.1) is 0 Å². The Bertz CT molecular complexity index is 669. The molecule has 2 aromatic rings. The van der Waals surface area contributed by atoms with Gasteiger partial charge in [0.05, 0.1) is 17.8 Å². The maximum Gasteiger partial charge on any atom is 0.322 e. The van der Waals surface area contributed by atoms with E-state index in [2.05, 4.69) is 15.5 Å². The van der Waals surface area contributed by atoms with E-state index in [-0.39, 0.29) is 12.6 Å². The van der Waals surface area contributed by atoms with E-state index in [1.807, 2.05) is 18.2 Å². The second-order valence-electron chi connectivity index (χ2n) is 4.89. The minimum absolute atomic E-state index is 0.149. The van der Waals surface area contributed by atoms with Gasteiger partial charge < -0.3 is 15.3 Å². The van der Waals surface area contributed by atoms with Crippen LogP contribution in [0.2, 0.25) is 0 Å². The Hall–Kier alpha value is -2.83. The third kappa shape index (κ3) is 2.58. The van der Waals surface area contributed by atoms with Crippen LogP contribution in [0.3, 0.4) is 0 Å². The van der Waals surface area contributed by atoms with Gasteiger partial charge in [-0.3, -0.25) is 9.89 Å². The molecule has 1 aliphatic heterocycles. The van der Waals surface area contributed by atoms with E-state index in [0.29, 0.717) is 12.2 Å². The molecule has 3 rings (SSSR count). The van der Waals surface area contributed by atoms with E-state index in [1.54, 1.807) is 12.3 Å². The van der Waals surface area contributed by atoms with Gasteiger partial charge in [0, 0.05) is 19.3 Å². The summed E-state index contributed by atoms with van der Waals surface area (Å²) >= 11 is 0. The first-order valence-corrected chi connectivity index (χ1v) is 6.50. The van der Waals surface area contributed by atoms with Crippen molar-refractivity contribution in [1.29, 1.82) is 0 Å². The third-order valence-corrected chi connectivity index (χ3v) is 3.53. The topological polar surface area (TPSA) is 98.3 Å². The van der Waals surface area contributed by atoms with E-state index < -0.39 is 11.9 Å². The molecule has 0 saturated carbocycles. The predicted octanol–water partition coefficient (Wildman–Crippen LogP) is 1.63. The first-order chi connectivity index (χ1) is 10.1. The maximum absolute atomic E-state index is 12.2. The number of carbonyl (C=O) groups is 2. The molecule has 1 unspecified atom stereocenters. The molecule has 1 aromatic heterocycles. The first-order valence-electron chi connectivity index (χ1n) is 6.50. The van der Waals surface area contributed by atoms with Crippen LogP contribution in [0, 0.1) is 0 Å². The lowest BCUT2D eigenvalue weighted by atomic mass is 9.90. The van der Waals surface area contributed by atoms with Gasteiger partial charge in [-0.05, 0) is 11.1 Å². The highest BCUT2D eigenvalue weighted by Crippen LogP contribution is 2.28. The number of rotatable bonds is 2. The minimum atomic E-state index is -0.928. The Labute approximate surface area is 120 Å². The Morgan fingerprint density at radius 3 is 2.90 bits per heavy atom. The summed E-state index contributed by atoms with van der Waals surface area (Å²) in [5, 5.41) is 18.4. The molecule has 0 radical (unpaired) electrons. The summed E-state index contributed by atoms with van der Waals surface area (Å²) in [6.45, 7) is 0.541. The lowest BCUT2D eigenvalue weighted by molar-refractivity contribution is -0.139. The van der Waals surface area contributed by atoms with Gasteiger partial charge >= 0.3 is 12.0 Å². The fourth-order valence-electron chi connectivity index (χ4n) is 2.49. The van der Waals surface area contributed by atoms with Crippen LogP contribution in [0.25, 0.3) is 0 Å². The van der Waals surface area contributed by atoms with E-state index >= 15 is 0 Å².